The number of phenols is 1. The predicted molar refractivity (Wildman–Crippen MR) is 96.8 cm³/mol. The Morgan fingerprint density at radius 2 is 1.73 bits per heavy atom. The van der Waals surface area contributed by atoms with Crippen molar-refractivity contribution in [1.82, 2.24) is 10.9 Å². The van der Waals surface area contributed by atoms with E-state index in [1.165, 1.54) is 43.5 Å². The molecule has 0 heterocycles. The van der Waals surface area contributed by atoms with E-state index in [1.807, 2.05) is 13.8 Å². The third kappa shape index (κ3) is 4.80. The Morgan fingerprint density at radius 3 is 2.31 bits per heavy atom. The van der Waals surface area contributed by atoms with Crippen LogP contribution >= 0.6 is 11.6 Å². The average Bonchev–Trinajstić information content (AvgIpc) is 2.60. The predicted octanol–water partition coefficient (Wildman–Crippen LogP) is 2.92. The molecule has 8 heteroatoms. The lowest BCUT2D eigenvalue weighted by Gasteiger charge is -2.16. The highest BCUT2D eigenvalue weighted by Crippen LogP contribution is 2.37. The topological polar surface area (TPSA) is 96.9 Å². The maximum absolute atomic E-state index is 12.3. The minimum Gasteiger partial charge on any atom is -0.508 e. The number of carbonyl (C=O) groups excluding carboxylic acids is 2. The van der Waals surface area contributed by atoms with E-state index in [4.69, 9.17) is 21.1 Å². The van der Waals surface area contributed by atoms with Crippen LogP contribution in [0.15, 0.2) is 36.4 Å². The van der Waals surface area contributed by atoms with Crippen molar-refractivity contribution in [3.63, 3.8) is 0 Å². The van der Waals surface area contributed by atoms with Crippen molar-refractivity contribution in [3.05, 3.63) is 52.5 Å². The summed E-state index contributed by atoms with van der Waals surface area (Å²) in [4.78, 5) is 24.3. The maximum atomic E-state index is 12.3. The SMILES string of the molecule is COc1cc(C(=O)NNC(=O)c2cccc(O)c2)cc(Cl)c1OC(C)C. The smallest absolute Gasteiger partial charge is 0.269 e. The summed E-state index contributed by atoms with van der Waals surface area (Å²) in [5.41, 5.74) is 4.92. The lowest BCUT2D eigenvalue weighted by atomic mass is 10.2. The quantitative estimate of drug-likeness (QED) is 0.695. The van der Waals surface area contributed by atoms with Crippen LogP contribution in [0.1, 0.15) is 34.6 Å². The lowest BCUT2D eigenvalue weighted by Crippen LogP contribution is -2.41. The summed E-state index contributed by atoms with van der Waals surface area (Å²) in [6, 6.07) is 8.60. The fourth-order valence-corrected chi connectivity index (χ4v) is 2.36. The van der Waals surface area contributed by atoms with Crippen molar-refractivity contribution >= 4 is 23.4 Å². The van der Waals surface area contributed by atoms with Crippen molar-refractivity contribution in [2.24, 2.45) is 0 Å². The maximum Gasteiger partial charge on any atom is 0.269 e. The summed E-state index contributed by atoms with van der Waals surface area (Å²) in [7, 11) is 1.43. The van der Waals surface area contributed by atoms with Crippen LogP contribution in [0, 0.1) is 0 Å². The minimum absolute atomic E-state index is 0.0544. The molecular formula is C18H19ClN2O5. The van der Waals surface area contributed by atoms with Crippen LogP contribution in [0.2, 0.25) is 5.02 Å². The summed E-state index contributed by atoms with van der Waals surface area (Å²) in [5.74, 6) is -0.580. The second kappa shape index (κ2) is 8.44. The van der Waals surface area contributed by atoms with E-state index in [1.54, 1.807) is 0 Å². The normalized spacial score (nSPS) is 10.3. The summed E-state index contributed by atoms with van der Waals surface area (Å²) in [6.07, 6.45) is -0.123. The van der Waals surface area contributed by atoms with Crippen LogP contribution in [0.25, 0.3) is 0 Å². The van der Waals surface area contributed by atoms with E-state index < -0.39 is 11.8 Å². The van der Waals surface area contributed by atoms with E-state index in [0.717, 1.165) is 0 Å². The molecule has 0 aliphatic carbocycles. The van der Waals surface area contributed by atoms with Gasteiger partial charge < -0.3 is 14.6 Å². The first kappa shape index (κ1) is 19.4. The van der Waals surface area contributed by atoms with Crippen molar-refractivity contribution in [3.8, 4) is 17.2 Å². The molecule has 0 spiro atoms. The average molecular weight is 379 g/mol. The molecule has 138 valence electrons. The van der Waals surface area contributed by atoms with Crippen LogP contribution in [0.5, 0.6) is 17.2 Å². The molecule has 26 heavy (non-hydrogen) atoms. The van der Waals surface area contributed by atoms with Crippen LogP contribution in [-0.2, 0) is 0 Å². The largest absolute Gasteiger partial charge is 0.508 e. The number of hydrazine groups is 1. The molecule has 2 rings (SSSR count). The number of hydrogen-bond acceptors (Lipinski definition) is 5. The molecule has 2 aromatic rings. The number of carbonyl (C=O) groups is 2. The third-order valence-corrected chi connectivity index (χ3v) is 3.52. The monoisotopic (exact) mass is 378 g/mol. The zero-order valence-electron chi connectivity index (χ0n) is 14.5. The molecule has 0 bridgehead atoms. The van der Waals surface area contributed by atoms with E-state index in [9.17, 15) is 14.7 Å². The van der Waals surface area contributed by atoms with Gasteiger partial charge in [-0.3, -0.25) is 20.4 Å². The van der Waals surface area contributed by atoms with Gasteiger partial charge in [-0.1, -0.05) is 17.7 Å². The lowest BCUT2D eigenvalue weighted by molar-refractivity contribution is 0.0846. The van der Waals surface area contributed by atoms with Gasteiger partial charge in [0.1, 0.15) is 5.75 Å². The third-order valence-electron chi connectivity index (χ3n) is 3.24. The summed E-state index contributed by atoms with van der Waals surface area (Å²) in [5, 5.41) is 9.60. The van der Waals surface area contributed by atoms with Gasteiger partial charge >= 0.3 is 0 Å². The summed E-state index contributed by atoms with van der Waals surface area (Å²) in [6.45, 7) is 3.68. The molecule has 0 aliphatic rings. The van der Waals surface area contributed by atoms with Crippen LogP contribution in [0.3, 0.4) is 0 Å². The van der Waals surface area contributed by atoms with Crippen molar-refractivity contribution in [2.75, 3.05) is 7.11 Å². The Labute approximate surface area is 155 Å². The number of amides is 2. The van der Waals surface area contributed by atoms with Gasteiger partial charge in [-0.25, -0.2) is 0 Å². The molecule has 0 radical (unpaired) electrons. The van der Waals surface area contributed by atoms with Crippen LogP contribution in [-0.4, -0.2) is 30.1 Å². The zero-order valence-corrected chi connectivity index (χ0v) is 15.3. The van der Waals surface area contributed by atoms with Gasteiger partial charge in [-0.05, 0) is 44.2 Å². The van der Waals surface area contributed by atoms with Crippen molar-refractivity contribution in [1.29, 1.82) is 0 Å². The highest BCUT2D eigenvalue weighted by Gasteiger charge is 2.17. The number of benzene rings is 2. The second-order valence-electron chi connectivity index (χ2n) is 5.61. The molecule has 2 amide bonds. The fourth-order valence-electron chi connectivity index (χ4n) is 2.11. The van der Waals surface area contributed by atoms with Gasteiger partial charge in [0.05, 0.1) is 18.2 Å². The minimum atomic E-state index is -0.588. The highest BCUT2D eigenvalue weighted by atomic mass is 35.5. The Balaban J connectivity index is 2.12. The molecule has 0 unspecified atom stereocenters. The van der Waals surface area contributed by atoms with Gasteiger partial charge in [-0.2, -0.15) is 0 Å². The molecule has 0 atom stereocenters. The number of nitrogens with one attached hydrogen (secondary N) is 2. The van der Waals surface area contributed by atoms with E-state index in [-0.39, 0.29) is 28.0 Å². The first-order chi connectivity index (χ1) is 12.3. The number of hydrogen-bond donors (Lipinski definition) is 3. The number of ether oxygens (including phenoxy) is 2. The fraction of sp³-hybridized carbons (Fsp3) is 0.222. The first-order valence-electron chi connectivity index (χ1n) is 7.75. The molecule has 2 aromatic carbocycles. The van der Waals surface area contributed by atoms with E-state index in [2.05, 4.69) is 10.9 Å². The second-order valence-corrected chi connectivity index (χ2v) is 6.02. The Hall–Kier alpha value is -2.93. The molecule has 0 saturated carbocycles. The first-order valence-corrected chi connectivity index (χ1v) is 8.13. The summed E-state index contributed by atoms with van der Waals surface area (Å²) < 4.78 is 10.8. The molecule has 0 aliphatic heterocycles. The van der Waals surface area contributed by atoms with E-state index >= 15 is 0 Å². The summed E-state index contributed by atoms with van der Waals surface area (Å²) >= 11 is 6.18. The number of methoxy groups -OCH3 is 1. The number of rotatable bonds is 5. The molecule has 0 aromatic heterocycles. The molecule has 7 nitrogen and oxygen atoms in total. The molecule has 3 N–H and O–H groups in total. The van der Waals surface area contributed by atoms with Crippen LogP contribution < -0.4 is 20.3 Å². The van der Waals surface area contributed by atoms with Crippen molar-refractivity contribution in [2.45, 2.75) is 20.0 Å². The van der Waals surface area contributed by atoms with Crippen LogP contribution in [0.4, 0.5) is 0 Å². The number of phenolic OH excluding ortho intramolecular Hbond substituents is 1. The zero-order chi connectivity index (χ0) is 19.3. The van der Waals surface area contributed by atoms with Gasteiger partial charge in [0, 0.05) is 11.1 Å². The Kier molecular flexibility index (Phi) is 6.30. The number of halogens is 1. The van der Waals surface area contributed by atoms with E-state index in [0.29, 0.717) is 11.5 Å². The molecule has 0 fully saturated rings. The standard InChI is InChI=1S/C18H19ClN2O5/c1-10(2)26-16-14(19)8-12(9-15(16)25-3)18(24)21-20-17(23)11-5-4-6-13(22)7-11/h4-10,22H,1-3H3,(H,20,23)(H,21,24). The Bertz CT molecular complexity index is 823. The highest BCUT2D eigenvalue weighted by molar-refractivity contribution is 6.32. The van der Waals surface area contributed by atoms with Gasteiger partial charge in [0.15, 0.2) is 11.5 Å². The van der Waals surface area contributed by atoms with Gasteiger partial charge in [0.25, 0.3) is 11.8 Å². The molecular weight excluding hydrogens is 360 g/mol. The number of aromatic hydroxyl groups is 1. The Morgan fingerprint density at radius 1 is 1.08 bits per heavy atom. The molecule has 0 saturated heterocycles. The van der Waals surface area contributed by atoms with Crippen molar-refractivity contribution < 1.29 is 24.2 Å². The van der Waals surface area contributed by atoms with Gasteiger partial charge in [-0.15, -0.1) is 0 Å². The van der Waals surface area contributed by atoms with Gasteiger partial charge in [0.2, 0.25) is 0 Å².